The Morgan fingerprint density at radius 3 is 1.77 bits per heavy atom. The molecule has 2 saturated heterocycles. The fourth-order valence-electron chi connectivity index (χ4n) is 17.9. The zero-order chi connectivity index (χ0) is 101. The molecule has 9 rings (SSSR count). The SMILES string of the molecule is CC(=O)NCCCCC(NC(=O)C1(NC(=O)C(Cc2ccc3ccccc3c2)NC(=O)C(Cc2ccc(OCCN)cc2)NC(=O)C2NC(=O)C(CCC(N)=O)NC(=O)C(Cc3c[nH]c4ccccc34)NC(=O)C(C(C)O)NC(=O)C(CC(N)=O)NC(=O)C(NC(=O)C3CCCCC(C4CCCCCC4)CC3)C(C)(C)SSC2(C)C)CCOCC1)C(=O)NC(CC(N)=O)C(=O)NC(CC(N)=O)C(N)=O. The molecule has 14 atom stereocenters. The number of para-hydroxylation sites is 1. The number of aliphatic hydroxyl groups excluding tert-OH is 1. The smallest absolute Gasteiger partial charge is 0.246 e. The quantitative estimate of drug-likeness (QED) is 0.0142. The highest BCUT2D eigenvalue weighted by atomic mass is 33.1. The van der Waals surface area contributed by atoms with Crippen molar-refractivity contribution in [3.63, 3.8) is 0 Å². The highest BCUT2D eigenvalue weighted by molar-refractivity contribution is 8.77. The number of unbranched alkanes of at least 4 members (excludes halogenated alkanes) is 1. The lowest BCUT2D eigenvalue weighted by atomic mass is 9.76. The van der Waals surface area contributed by atoms with E-state index in [9.17, 15) is 53.1 Å². The van der Waals surface area contributed by atoms with Crippen LogP contribution in [-0.4, -0.2) is 237 Å². The summed E-state index contributed by atoms with van der Waals surface area (Å²) in [5.74, 6) is -17.8. The van der Waals surface area contributed by atoms with Gasteiger partial charge < -0.3 is 123 Å². The van der Waals surface area contributed by atoms with E-state index in [0.717, 1.165) is 91.7 Å². The molecule has 18 amide bonds. The molecule has 41 nitrogen and oxygen atoms in total. The van der Waals surface area contributed by atoms with Crippen molar-refractivity contribution in [1.82, 2.24) is 74.1 Å². The molecule has 2 saturated carbocycles. The second-order valence-electron chi connectivity index (χ2n) is 37.5. The number of aliphatic hydroxyl groups is 1. The Kier molecular flexibility index (Phi) is 41.6. The summed E-state index contributed by atoms with van der Waals surface area (Å²) >= 11 is 0. The Hall–Kier alpha value is -12.5. The minimum absolute atomic E-state index is 0.103. The van der Waals surface area contributed by atoms with Gasteiger partial charge in [-0.2, -0.15) is 0 Å². The molecule has 27 N–H and O–H groups in total. The van der Waals surface area contributed by atoms with Crippen LogP contribution in [0.4, 0.5) is 0 Å². The molecular formula is C96H136N20O21S2. The lowest BCUT2D eigenvalue weighted by Crippen LogP contribution is -2.67. The number of hydrogen-bond donors (Lipinski definition) is 21. The summed E-state index contributed by atoms with van der Waals surface area (Å²) in [5, 5.41) is 48.3. The van der Waals surface area contributed by atoms with E-state index in [1.807, 2.05) is 18.2 Å². The van der Waals surface area contributed by atoms with Crippen LogP contribution < -0.4 is 108 Å². The number of carbonyl (C=O) groups is 18. The molecule has 4 aliphatic rings. The van der Waals surface area contributed by atoms with Crippen LogP contribution >= 0.6 is 21.6 Å². The molecule has 758 valence electrons. The van der Waals surface area contributed by atoms with Crippen LogP contribution in [0.15, 0.2) is 97.2 Å². The van der Waals surface area contributed by atoms with Crippen LogP contribution in [0.2, 0.25) is 0 Å². The topological polar surface area (TPSA) is 674 Å². The Balaban J connectivity index is 1.14. The number of fused-ring (bicyclic) bond motifs is 2. The predicted octanol–water partition coefficient (Wildman–Crippen LogP) is 0.258. The number of nitrogens with one attached hydrogen (secondary N) is 14. The number of nitrogens with two attached hydrogens (primary N) is 6. The minimum atomic E-state index is -2.02. The van der Waals surface area contributed by atoms with E-state index < -0.39 is 232 Å². The first-order chi connectivity index (χ1) is 66.0. The van der Waals surface area contributed by atoms with Gasteiger partial charge in [-0.3, -0.25) is 86.3 Å². The van der Waals surface area contributed by atoms with E-state index in [2.05, 4.69) is 74.1 Å². The van der Waals surface area contributed by atoms with E-state index in [1.165, 1.54) is 20.8 Å². The van der Waals surface area contributed by atoms with Crippen molar-refractivity contribution in [2.24, 2.45) is 52.2 Å². The van der Waals surface area contributed by atoms with E-state index in [1.54, 1.807) is 92.8 Å². The number of aromatic nitrogens is 1. The predicted molar refractivity (Wildman–Crippen MR) is 519 cm³/mol. The van der Waals surface area contributed by atoms with Crippen molar-refractivity contribution >= 4 is 150 Å². The first-order valence-corrected chi connectivity index (χ1v) is 49.6. The van der Waals surface area contributed by atoms with Gasteiger partial charge in [0.25, 0.3) is 0 Å². The van der Waals surface area contributed by atoms with Gasteiger partial charge in [-0.1, -0.05) is 152 Å². The molecule has 4 fully saturated rings. The fourth-order valence-corrected chi connectivity index (χ4v) is 20.7. The van der Waals surface area contributed by atoms with E-state index in [-0.39, 0.29) is 83.8 Å². The summed E-state index contributed by atoms with van der Waals surface area (Å²) in [5.41, 5.74) is 33.6. The van der Waals surface area contributed by atoms with Gasteiger partial charge in [0.2, 0.25) is 106 Å². The maximum atomic E-state index is 16.5. The van der Waals surface area contributed by atoms with E-state index in [0.29, 0.717) is 69.8 Å². The van der Waals surface area contributed by atoms with Gasteiger partial charge >= 0.3 is 0 Å². The molecule has 2 aliphatic heterocycles. The Labute approximate surface area is 814 Å². The number of rotatable bonds is 40. The summed E-state index contributed by atoms with van der Waals surface area (Å²) in [7, 11) is 1.85. The monoisotopic (exact) mass is 1970 g/mol. The largest absolute Gasteiger partial charge is 0.492 e. The van der Waals surface area contributed by atoms with Gasteiger partial charge in [0, 0.05) is 104 Å². The number of hydrogen-bond acceptors (Lipinski definition) is 24. The highest BCUT2D eigenvalue weighted by Gasteiger charge is 2.49. The van der Waals surface area contributed by atoms with Crippen LogP contribution in [0, 0.1) is 17.8 Å². The maximum Gasteiger partial charge on any atom is 0.246 e. The third kappa shape index (κ3) is 33.4. The number of aromatic amines is 1. The number of primary amides is 5. The number of H-pyrrole nitrogens is 1. The molecule has 3 heterocycles. The van der Waals surface area contributed by atoms with Crippen molar-refractivity contribution in [1.29, 1.82) is 0 Å². The summed E-state index contributed by atoms with van der Waals surface area (Å²) in [6, 6.07) is 6.03. The first kappa shape index (κ1) is 110. The molecule has 5 aromatic rings. The number of ether oxygens (including phenoxy) is 2. The summed E-state index contributed by atoms with van der Waals surface area (Å²) in [6.45, 7) is 8.67. The van der Waals surface area contributed by atoms with Crippen LogP contribution in [0.5, 0.6) is 5.75 Å². The van der Waals surface area contributed by atoms with Crippen molar-refractivity contribution < 1.29 is 101 Å². The summed E-state index contributed by atoms with van der Waals surface area (Å²) in [6.07, 6.45) is 5.46. The summed E-state index contributed by atoms with van der Waals surface area (Å²) in [4.78, 5) is 263. The van der Waals surface area contributed by atoms with Crippen LogP contribution in [0.1, 0.15) is 199 Å². The molecular weight excluding hydrogens is 1830 g/mol. The van der Waals surface area contributed by atoms with Crippen LogP contribution in [0.3, 0.4) is 0 Å². The third-order valence-corrected chi connectivity index (χ3v) is 30.0. The second-order valence-corrected chi connectivity index (χ2v) is 41.0. The number of carbonyl (C=O) groups excluding carboxylic acids is 18. The molecule has 0 radical (unpaired) electrons. The lowest BCUT2D eigenvalue weighted by Gasteiger charge is -2.40. The van der Waals surface area contributed by atoms with Gasteiger partial charge in [-0.15, -0.1) is 0 Å². The number of amides is 18. The Morgan fingerprint density at radius 2 is 1.12 bits per heavy atom. The molecule has 43 heteroatoms. The van der Waals surface area contributed by atoms with E-state index in [4.69, 9.17) is 43.9 Å². The van der Waals surface area contributed by atoms with Gasteiger partial charge in [-0.05, 0) is 137 Å². The van der Waals surface area contributed by atoms with Gasteiger partial charge in [0.1, 0.15) is 84.4 Å². The zero-order valence-electron chi connectivity index (χ0n) is 79.5. The van der Waals surface area contributed by atoms with E-state index >= 15 is 38.4 Å². The highest BCUT2D eigenvalue weighted by Crippen LogP contribution is 2.47. The Morgan fingerprint density at radius 1 is 0.547 bits per heavy atom. The van der Waals surface area contributed by atoms with Crippen molar-refractivity contribution in [2.45, 2.75) is 290 Å². The van der Waals surface area contributed by atoms with Gasteiger partial charge in [0.05, 0.1) is 25.4 Å². The lowest BCUT2D eigenvalue weighted by molar-refractivity contribution is -0.141. The third-order valence-electron chi connectivity index (χ3n) is 25.7. The Bertz CT molecular complexity index is 5200. The first-order valence-electron chi connectivity index (χ1n) is 47.4. The van der Waals surface area contributed by atoms with Crippen molar-refractivity contribution in [3.05, 3.63) is 114 Å². The summed E-state index contributed by atoms with van der Waals surface area (Å²) < 4.78 is 8.27. The molecule has 14 unspecified atom stereocenters. The van der Waals surface area contributed by atoms with Gasteiger partial charge in [-0.25, -0.2) is 0 Å². The maximum absolute atomic E-state index is 16.5. The molecule has 4 aromatic carbocycles. The average Bonchev–Trinajstić information content (AvgIpc) is 1.45. The standard InChI is InChI=1S/C96H136N20O21S2/c1-53(117)78-90(132)109-71(48-62-52-104-65-26-16-15-25-64(62)65)86(128)105-67(36-37-74(98)119)84(126)115-80(95(5,6)139-138-94(3,4)79(91(133)111-73(51-77(101)122)88(130)113-78)114-82(124)60-23-13-11-21-58(32-33-60)57-19-9-7-8-10-20-57)92(134)110-69(46-55-29-34-63(35-30-55)137-44-40-97)85(127)107-70(47-56-28-31-59-22-12-14-24-61(59)45-56)89(131)116-96(38-42-136-43-39-96)93(135)112-66(27-17-18-41-103-54(2)118)83(125)108-72(50-76(100)121)87(129)106-68(81(102)123)49-75(99)120/h12,14-16,22,24-26,28-31,34-35,45,52-53,57-58,60,66-73,78-80,104,117H,7-11,13,17-21,23,27,32-33,36-44,46-51,97H2,1-6H3,(H2,98,119)(H2,99,120)(H2,100,121)(H2,101,122)(H2,102,123)(H,103,118)(H,105,128)(H,106,129)(H,107,127)(H,108,125)(H,109,132)(H,110,134)(H,111,133)(H,112,135)(H,113,130)(H,114,124)(H,115,126)(H,116,131). The second kappa shape index (κ2) is 52.5. The van der Waals surface area contributed by atoms with Crippen molar-refractivity contribution in [3.8, 4) is 5.75 Å². The minimum Gasteiger partial charge on any atom is -0.492 e. The molecule has 2 aliphatic carbocycles. The molecule has 139 heavy (non-hydrogen) atoms. The van der Waals surface area contributed by atoms with Gasteiger partial charge in [0.15, 0.2) is 0 Å². The normalized spacial score (nSPS) is 22.1. The van der Waals surface area contributed by atoms with Crippen molar-refractivity contribution in [2.75, 3.05) is 32.9 Å². The number of benzene rings is 4. The fraction of sp³-hybridized carbons (Fsp3) is 0.562. The van der Waals surface area contributed by atoms with Crippen LogP contribution in [-0.2, 0) is 110 Å². The molecule has 1 aromatic heterocycles. The zero-order valence-corrected chi connectivity index (χ0v) is 81.1. The van der Waals surface area contributed by atoms with Crippen LogP contribution in [0.25, 0.3) is 21.7 Å². The molecule has 0 bridgehead atoms. The molecule has 0 spiro atoms. The average molecular weight is 1970 g/mol.